The molecule has 1 atom stereocenters. The number of alkyl halides is 2. The van der Waals surface area contributed by atoms with Crippen molar-refractivity contribution in [2.24, 2.45) is 5.92 Å². The molecule has 214 valence electrons. The number of amides is 1. The van der Waals surface area contributed by atoms with Gasteiger partial charge >= 0.3 is 5.97 Å². The number of methoxy groups -OCH3 is 1. The zero-order valence-electron chi connectivity index (χ0n) is 23.3. The molecular formula is C30H33ClF2N2O5. The summed E-state index contributed by atoms with van der Waals surface area (Å²) in [7, 11) is 1.35. The second-order valence-corrected chi connectivity index (χ2v) is 11.2. The number of benzene rings is 2. The summed E-state index contributed by atoms with van der Waals surface area (Å²) in [6, 6.07) is 10.4. The molecule has 3 rings (SSSR count). The average Bonchev–Trinajstić information content (AvgIpc) is 2.86. The van der Waals surface area contributed by atoms with Crippen LogP contribution in [-0.2, 0) is 9.53 Å². The minimum atomic E-state index is -2.81. The lowest BCUT2D eigenvalue weighted by Gasteiger charge is -2.23. The molecule has 0 bridgehead atoms. The molecule has 1 N–H and O–H groups in total. The summed E-state index contributed by atoms with van der Waals surface area (Å²) in [6.07, 6.45) is -1.14. The summed E-state index contributed by atoms with van der Waals surface area (Å²) in [5.41, 5.74) is -0.563. The number of carbonyl (C=O) groups excluding carboxylic acids is 2. The summed E-state index contributed by atoms with van der Waals surface area (Å²) >= 11 is 6.07. The van der Waals surface area contributed by atoms with E-state index < -0.39 is 35.5 Å². The average molecular weight is 575 g/mol. The van der Waals surface area contributed by atoms with Crippen LogP contribution in [0.4, 0.5) is 14.5 Å². The molecule has 0 saturated heterocycles. The van der Waals surface area contributed by atoms with Gasteiger partial charge in [-0.3, -0.25) is 14.2 Å². The normalized spacial score (nSPS) is 12.4. The molecule has 0 radical (unpaired) electrons. The topological polar surface area (TPSA) is 86.6 Å². The zero-order valence-corrected chi connectivity index (χ0v) is 24.0. The van der Waals surface area contributed by atoms with E-state index in [1.165, 1.54) is 54.3 Å². The van der Waals surface area contributed by atoms with Gasteiger partial charge in [-0.1, -0.05) is 31.5 Å². The van der Waals surface area contributed by atoms with Crippen LogP contribution in [0.1, 0.15) is 69.4 Å². The number of rotatable bonds is 9. The molecule has 1 aromatic heterocycles. The van der Waals surface area contributed by atoms with E-state index in [4.69, 9.17) is 21.1 Å². The van der Waals surface area contributed by atoms with Crippen molar-refractivity contribution in [3.8, 4) is 16.9 Å². The van der Waals surface area contributed by atoms with Crippen LogP contribution in [0, 0.1) is 5.92 Å². The van der Waals surface area contributed by atoms with Crippen LogP contribution in [0.25, 0.3) is 11.1 Å². The fourth-order valence-corrected chi connectivity index (χ4v) is 4.32. The highest BCUT2D eigenvalue weighted by Gasteiger charge is 2.26. The molecule has 2 aromatic carbocycles. The van der Waals surface area contributed by atoms with E-state index in [9.17, 15) is 23.2 Å². The number of halogens is 3. The van der Waals surface area contributed by atoms with Gasteiger partial charge in [-0.2, -0.15) is 0 Å². The Hall–Kier alpha value is -3.72. The summed E-state index contributed by atoms with van der Waals surface area (Å²) < 4.78 is 39.5. The second-order valence-electron chi connectivity index (χ2n) is 10.7. The lowest BCUT2D eigenvalue weighted by molar-refractivity contribution is -0.119. The molecule has 0 aliphatic rings. The molecule has 1 heterocycles. The molecule has 0 fully saturated rings. The Morgan fingerprint density at radius 1 is 1.02 bits per heavy atom. The number of anilines is 1. The summed E-state index contributed by atoms with van der Waals surface area (Å²) in [5.74, 6) is -0.795. The Kier molecular flexibility index (Phi) is 9.73. The second kappa shape index (κ2) is 12.6. The molecule has 40 heavy (non-hydrogen) atoms. The number of nitrogens with zero attached hydrogens (tertiary/aromatic N) is 1. The Morgan fingerprint density at radius 2 is 1.68 bits per heavy atom. The van der Waals surface area contributed by atoms with E-state index in [0.717, 1.165) is 0 Å². The number of nitrogens with one attached hydrogen (secondary N) is 1. The SMILES string of the molecule is COc1cn(C(CC(C)C)C(=O)Nc2ccc(C(=O)OC(C)(C)C)cc2)c(=O)cc1-c1cc(Cl)ccc1C(F)F. The van der Waals surface area contributed by atoms with Crippen molar-refractivity contribution >= 4 is 29.2 Å². The molecule has 10 heteroatoms. The Balaban J connectivity index is 1.97. The van der Waals surface area contributed by atoms with Gasteiger partial charge in [-0.25, -0.2) is 13.6 Å². The Bertz CT molecular complexity index is 1430. The molecule has 0 aliphatic carbocycles. The van der Waals surface area contributed by atoms with E-state index in [2.05, 4.69) is 5.32 Å². The number of hydrogen-bond acceptors (Lipinski definition) is 5. The van der Waals surface area contributed by atoms with E-state index >= 15 is 0 Å². The molecule has 0 aliphatic heterocycles. The van der Waals surface area contributed by atoms with Gasteiger partial charge in [-0.15, -0.1) is 0 Å². The summed E-state index contributed by atoms with van der Waals surface area (Å²) in [4.78, 5) is 39.1. The molecule has 7 nitrogen and oxygen atoms in total. The van der Waals surface area contributed by atoms with Crippen molar-refractivity contribution in [1.82, 2.24) is 4.57 Å². The fourth-order valence-electron chi connectivity index (χ4n) is 4.14. The van der Waals surface area contributed by atoms with Crippen molar-refractivity contribution < 1.29 is 27.8 Å². The van der Waals surface area contributed by atoms with Crippen molar-refractivity contribution in [3.63, 3.8) is 0 Å². The first-order chi connectivity index (χ1) is 18.7. The van der Waals surface area contributed by atoms with Crippen LogP contribution >= 0.6 is 11.6 Å². The largest absolute Gasteiger partial charge is 0.495 e. The molecule has 1 amide bonds. The minimum Gasteiger partial charge on any atom is -0.495 e. The number of ether oxygens (including phenoxy) is 2. The quantitative estimate of drug-likeness (QED) is 0.271. The number of hydrogen-bond donors (Lipinski definition) is 1. The molecule has 0 spiro atoms. The summed E-state index contributed by atoms with van der Waals surface area (Å²) in [5, 5.41) is 3.02. The summed E-state index contributed by atoms with van der Waals surface area (Å²) in [6.45, 7) is 9.13. The third-order valence-electron chi connectivity index (χ3n) is 5.92. The number of esters is 1. The van der Waals surface area contributed by atoms with Crippen LogP contribution in [0.5, 0.6) is 5.75 Å². The van der Waals surface area contributed by atoms with E-state index in [1.54, 1.807) is 32.9 Å². The number of pyridine rings is 1. The van der Waals surface area contributed by atoms with Gasteiger partial charge < -0.3 is 14.8 Å². The van der Waals surface area contributed by atoms with Crippen molar-refractivity contribution in [3.05, 3.63) is 81.2 Å². The van der Waals surface area contributed by atoms with Gasteiger partial charge in [0.2, 0.25) is 5.91 Å². The first kappa shape index (κ1) is 30.8. The van der Waals surface area contributed by atoms with E-state index in [-0.39, 0.29) is 33.4 Å². The highest BCUT2D eigenvalue weighted by molar-refractivity contribution is 6.30. The van der Waals surface area contributed by atoms with Crippen LogP contribution in [-0.4, -0.2) is 29.2 Å². The van der Waals surface area contributed by atoms with Gasteiger partial charge in [0.15, 0.2) is 0 Å². The maximum atomic E-state index is 13.7. The molecule has 0 saturated carbocycles. The Labute approximate surface area is 237 Å². The first-order valence-electron chi connectivity index (χ1n) is 12.7. The van der Waals surface area contributed by atoms with Gasteiger partial charge in [0, 0.05) is 27.9 Å². The Morgan fingerprint density at radius 3 is 2.23 bits per heavy atom. The molecule has 3 aromatic rings. The van der Waals surface area contributed by atoms with Gasteiger partial charge in [-0.05, 0) is 75.1 Å². The van der Waals surface area contributed by atoms with E-state index in [1.807, 2.05) is 13.8 Å². The monoisotopic (exact) mass is 574 g/mol. The van der Waals surface area contributed by atoms with Crippen LogP contribution in [0.3, 0.4) is 0 Å². The molecule has 1 unspecified atom stereocenters. The number of aromatic nitrogens is 1. The maximum absolute atomic E-state index is 13.7. The zero-order chi connectivity index (χ0) is 29.8. The third-order valence-corrected chi connectivity index (χ3v) is 6.16. The van der Waals surface area contributed by atoms with Crippen molar-refractivity contribution in [1.29, 1.82) is 0 Å². The lowest BCUT2D eigenvalue weighted by atomic mass is 9.98. The van der Waals surface area contributed by atoms with Crippen LogP contribution < -0.4 is 15.6 Å². The predicted molar refractivity (Wildman–Crippen MR) is 151 cm³/mol. The highest BCUT2D eigenvalue weighted by atomic mass is 35.5. The van der Waals surface area contributed by atoms with Gasteiger partial charge in [0.1, 0.15) is 17.4 Å². The standard InChI is InChI=1S/C30H33ClF2N2O5/c1-17(2)13-24(28(37)34-20-10-7-18(8-11-20)29(38)40-30(3,4)5)35-16-25(39-6)23(15-26(35)36)22-14-19(31)9-12-21(22)27(32)33/h7-12,14-17,24,27H,13H2,1-6H3,(H,34,37). The lowest BCUT2D eigenvalue weighted by Crippen LogP contribution is -2.34. The predicted octanol–water partition coefficient (Wildman–Crippen LogP) is 7.30. The smallest absolute Gasteiger partial charge is 0.338 e. The highest BCUT2D eigenvalue weighted by Crippen LogP contribution is 2.38. The maximum Gasteiger partial charge on any atom is 0.338 e. The minimum absolute atomic E-state index is 0.0289. The van der Waals surface area contributed by atoms with Gasteiger partial charge in [0.05, 0.1) is 18.9 Å². The fraction of sp³-hybridized carbons (Fsp3) is 0.367. The van der Waals surface area contributed by atoms with Crippen molar-refractivity contribution in [2.75, 3.05) is 12.4 Å². The van der Waals surface area contributed by atoms with Gasteiger partial charge in [0.25, 0.3) is 12.0 Å². The third kappa shape index (κ3) is 7.69. The van der Waals surface area contributed by atoms with Crippen LogP contribution in [0.15, 0.2) is 59.5 Å². The molecular weight excluding hydrogens is 542 g/mol. The van der Waals surface area contributed by atoms with Crippen LogP contribution in [0.2, 0.25) is 5.02 Å². The van der Waals surface area contributed by atoms with Crippen molar-refractivity contribution in [2.45, 2.75) is 59.1 Å². The number of carbonyl (C=O) groups is 2. The first-order valence-corrected chi connectivity index (χ1v) is 13.1. The van der Waals surface area contributed by atoms with E-state index in [0.29, 0.717) is 17.7 Å².